The second kappa shape index (κ2) is 4.58. The number of rotatable bonds is 3. The lowest BCUT2D eigenvalue weighted by atomic mass is 10.1. The summed E-state index contributed by atoms with van der Waals surface area (Å²) in [5.41, 5.74) is 8.30. The number of nitrogens with zero attached hydrogens (tertiary/aromatic N) is 1. The number of aryl methyl sites for hydroxylation is 1. The van der Waals surface area contributed by atoms with Gasteiger partial charge in [0, 0.05) is 11.8 Å². The van der Waals surface area contributed by atoms with Crippen molar-refractivity contribution in [3.8, 4) is 0 Å². The van der Waals surface area contributed by atoms with Crippen LogP contribution in [0.25, 0.3) is 0 Å². The highest BCUT2D eigenvalue weighted by atomic mass is 32.2. The van der Waals surface area contributed by atoms with E-state index in [1.165, 1.54) is 12.3 Å². The maximum atomic E-state index is 12.4. The van der Waals surface area contributed by atoms with Gasteiger partial charge in [0.1, 0.15) is 6.26 Å². The van der Waals surface area contributed by atoms with Crippen LogP contribution < -0.4 is 10.5 Å². The minimum Gasteiger partial charge on any atom is -0.398 e. The van der Waals surface area contributed by atoms with Crippen molar-refractivity contribution in [3.63, 3.8) is 0 Å². The van der Waals surface area contributed by atoms with Crippen molar-refractivity contribution >= 4 is 21.5 Å². The minimum absolute atomic E-state index is 0.138. The lowest BCUT2D eigenvalue weighted by Gasteiger charge is -2.15. The maximum Gasteiger partial charge on any atom is 0.263 e. The largest absolute Gasteiger partial charge is 0.398 e. The summed E-state index contributed by atoms with van der Waals surface area (Å²) in [4.78, 5) is 0.188. The summed E-state index contributed by atoms with van der Waals surface area (Å²) in [6.45, 7) is 5.25. The van der Waals surface area contributed by atoms with Crippen LogP contribution >= 0.6 is 0 Å². The number of hydrogen-bond acceptors (Lipinski definition) is 5. The predicted octanol–water partition coefficient (Wildman–Crippen LogP) is 1.98. The molecule has 0 radical (unpaired) electrons. The van der Waals surface area contributed by atoms with Gasteiger partial charge in [0.2, 0.25) is 0 Å². The van der Waals surface area contributed by atoms with Crippen LogP contribution in [-0.4, -0.2) is 13.6 Å². The molecule has 1 aromatic carbocycles. The SMILES string of the molecule is Cc1cc(N)c(C)c(S(=O)(=O)Nc2ccon2)c1C. The zero-order valence-corrected chi connectivity index (χ0v) is 11.7. The predicted molar refractivity (Wildman–Crippen MR) is 72.4 cm³/mol. The number of hydrogen-bond donors (Lipinski definition) is 2. The standard InChI is InChI=1S/C12H15N3O3S/c1-7-6-10(13)9(3)12(8(7)2)19(16,17)15-11-4-5-18-14-11/h4-6H,13H2,1-3H3,(H,14,15). The summed E-state index contributed by atoms with van der Waals surface area (Å²) in [5.74, 6) is 0.138. The Kier molecular flexibility index (Phi) is 3.23. The molecule has 0 saturated carbocycles. The van der Waals surface area contributed by atoms with Gasteiger partial charge in [-0.2, -0.15) is 0 Å². The molecule has 0 aliphatic carbocycles. The quantitative estimate of drug-likeness (QED) is 0.838. The van der Waals surface area contributed by atoms with Crippen LogP contribution in [0.5, 0.6) is 0 Å². The van der Waals surface area contributed by atoms with Crippen LogP contribution in [0, 0.1) is 20.8 Å². The van der Waals surface area contributed by atoms with Gasteiger partial charge in [-0.1, -0.05) is 5.16 Å². The number of nitrogens with two attached hydrogens (primary N) is 1. The van der Waals surface area contributed by atoms with Gasteiger partial charge in [-0.15, -0.1) is 0 Å². The summed E-state index contributed by atoms with van der Waals surface area (Å²) in [6, 6.07) is 3.20. The molecule has 19 heavy (non-hydrogen) atoms. The van der Waals surface area contributed by atoms with E-state index in [-0.39, 0.29) is 10.7 Å². The Hall–Kier alpha value is -2.02. The van der Waals surface area contributed by atoms with E-state index in [1.54, 1.807) is 19.9 Å². The first kappa shape index (κ1) is 13.4. The van der Waals surface area contributed by atoms with Crippen molar-refractivity contribution in [1.29, 1.82) is 0 Å². The van der Waals surface area contributed by atoms with Gasteiger partial charge in [-0.05, 0) is 43.5 Å². The van der Waals surface area contributed by atoms with Gasteiger partial charge in [-0.3, -0.25) is 4.72 Å². The van der Waals surface area contributed by atoms with Crippen molar-refractivity contribution in [2.75, 3.05) is 10.5 Å². The van der Waals surface area contributed by atoms with E-state index in [4.69, 9.17) is 5.73 Å². The first-order valence-electron chi connectivity index (χ1n) is 5.62. The third kappa shape index (κ3) is 2.41. The molecular weight excluding hydrogens is 266 g/mol. The first-order valence-corrected chi connectivity index (χ1v) is 7.10. The highest BCUT2D eigenvalue weighted by molar-refractivity contribution is 7.92. The molecule has 0 amide bonds. The van der Waals surface area contributed by atoms with Gasteiger partial charge < -0.3 is 10.3 Å². The number of nitrogen functional groups attached to an aromatic ring is 1. The smallest absolute Gasteiger partial charge is 0.263 e. The molecule has 0 fully saturated rings. The topological polar surface area (TPSA) is 98.2 Å². The average molecular weight is 281 g/mol. The van der Waals surface area contributed by atoms with E-state index in [1.807, 2.05) is 6.92 Å². The highest BCUT2D eigenvalue weighted by Gasteiger charge is 2.23. The molecule has 2 rings (SSSR count). The Morgan fingerprint density at radius 2 is 1.95 bits per heavy atom. The fourth-order valence-electron chi connectivity index (χ4n) is 1.90. The summed E-state index contributed by atoms with van der Waals surface area (Å²) in [7, 11) is -3.74. The lowest BCUT2D eigenvalue weighted by molar-refractivity contribution is 0.423. The van der Waals surface area contributed by atoms with E-state index in [0.29, 0.717) is 16.8 Å². The number of benzene rings is 1. The van der Waals surface area contributed by atoms with Crippen molar-refractivity contribution < 1.29 is 12.9 Å². The van der Waals surface area contributed by atoms with Crippen molar-refractivity contribution in [2.45, 2.75) is 25.7 Å². The first-order chi connectivity index (χ1) is 8.83. The molecule has 7 heteroatoms. The number of aromatic nitrogens is 1. The lowest BCUT2D eigenvalue weighted by Crippen LogP contribution is -2.17. The zero-order chi connectivity index (χ0) is 14.2. The van der Waals surface area contributed by atoms with Crippen molar-refractivity contribution in [1.82, 2.24) is 5.16 Å². The second-order valence-corrected chi connectivity index (χ2v) is 5.97. The number of anilines is 2. The van der Waals surface area contributed by atoms with E-state index >= 15 is 0 Å². The molecular formula is C12H15N3O3S. The van der Waals surface area contributed by atoms with E-state index in [2.05, 4.69) is 14.4 Å². The van der Waals surface area contributed by atoms with Crippen LogP contribution in [0.2, 0.25) is 0 Å². The molecule has 1 heterocycles. The van der Waals surface area contributed by atoms with Gasteiger partial charge in [0.25, 0.3) is 10.0 Å². The molecule has 0 bridgehead atoms. The Morgan fingerprint density at radius 1 is 1.26 bits per heavy atom. The molecule has 0 saturated heterocycles. The minimum atomic E-state index is -3.74. The summed E-state index contributed by atoms with van der Waals surface area (Å²) in [6.07, 6.45) is 1.29. The Bertz CT molecular complexity index is 680. The summed E-state index contributed by atoms with van der Waals surface area (Å²) < 4.78 is 31.8. The molecule has 2 aromatic rings. The highest BCUT2D eigenvalue weighted by Crippen LogP contribution is 2.29. The van der Waals surface area contributed by atoms with E-state index < -0.39 is 10.0 Å². The van der Waals surface area contributed by atoms with Gasteiger partial charge in [0.05, 0.1) is 4.90 Å². The van der Waals surface area contributed by atoms with Crippen molar-refractivity contribution in [2.24, 2.45) is 0 Å². The number of nitrogens with one attached hydrogen (secondary N) is 1. The van der Waals surface area contributed by atoms with Crippen molar-refractivity contribution in [3.05, 3.63) is 35.1 Å². The van der Waals surface area contributed by atoms with E-state index in [0.717, 1.165) is 5.56 Å². The Labute approximate surface area is 111 Å². The molecule has 6 nitrogen and oxygen atoms in total. The van der Waals surface area contributed by atoms with Gasteiger partial charge in [0.15, 0.2) is 5.82 Å². The molecule has 102 valence electrons. The second-order valence-electron chi connectivity index (χ2n) is 4.35. The fraction of sp³-hybridized carbons (Fsp3) is 0.250. The number of sulfonamides is 1. The van der Waals surface area contributed by atoms with Crippen LogP contribution in [-0.2, 0) is 10.0 Å². The van der Waals surface area contributed by atoms with Crippen LogP contribution in [0.4, 0.5) is 11.5 Å². The molecule has 3 N–H and O–H groups in total. The maximum absolute atomic E-state index is 12.4. The molecule has 0 aliphatic rings. The van der Waals surface area contributed by atoms with Gasteiger partial charge in [-0.25, -0.2) is 8.42 Å². The summed E-state index contributed by atoms with van der Waals surface area (Å²) in [5, 5.41) is 3.53. The fourth-order valence-corrected chi connectivity index (χ4v) is 3.47. The third-order valence-electron chi connectivity index (χ3n) is 3.02. The zero-order valence-electron chi connectivity index (χ0n) is 10.9. The molecule has 0 unspecified atom stereocenters. The van der Waals surface area contributed by atoms with E-state index in [9.17, 15) is 8.42 Å². The monoisotopic (exact) mass is 281 g/mol. The third-order valence-corrected chi connectivity index (χ3v) is 4.65. The molecule has 0 spiro atoms. The molecule has 1 aromatic heterocycles. The van der Waals surface area contributed by atoms with Gasteiger partial charge >= 0.3 is 0 Å². The normalized spacial score (nSPS) is 11.5. The molecule has 0 aliphatic heterocycles. The average Bonchev–Trinajstić information content (AvgIpc) is 2.78. The van der Waals surface area contributed by atoms with Crippen LogP contribution in [0.3, 0.4) is 0 Å². The Morgan fingerprint density at radius 3 is 2.53 bits per heavy atom. The Balaban J connectivity index is 2.58. The molecule has 0 atom stereocenters. The van der Waals surface area contributed by atoms with Crippen LogP contribution in [0.15, 0.2) is 27.8 Å². The summed E-state index contributed by atoms with van der Waals surface area (Å²) >= 11 is 0. The van der Waals surface area contributed by atoms with Crippen LogP contribution in [0.1, 0.15) is 16.7 Å².